The monoisotopic (exact) mass is 455 g/mol. The number of nitrogens with zero attached hydrogens (tertiary/aromatic N) is 2. The van der Waals surface area contributed by atoms with Crippen LogP contribution in [0.2, 0.25) is 0 Å². The summed E-state index contributed by atoms with van der Waals surface area (Å²) in [4.78, 5) is 40.9. The predicted molar refractivity (Wildman–Crippen MR) is 127 cm³/mol. The van der Waals surface area contributed by atoms with Crippen LogP contribution in [0.1, 0.15) is 78.2 Å². The maximum Gasteiger partial charge on any atom is 0.410 e. The molecule has 180 valence electrons. The van der Waals surface area contributed by atoms with Crippen LogP contribution >= 0.6 is 0 Å². The minimum absolute atomic E-state index is 0.0848. The van der Waals surface area contributed by atoms with Crippen molar-refractivity contribution in [1.82, 2.24) is 10.2 Å². The van der Waals surface area contributed by atoms with E-state index in [9.17, 15) is 14.4 Å². The molecule has 7 nitrogen and oxygen atoms in total. The molecule has 0 radical (unpaired) electrons. The summed E-state index contributed by atoms with van der Waals surface area (Å²) < 4.78 is 5.95. The largest absolute Gasteiger partial charge is 0.443 e. The fourth-order valence-corrected chi connectivity index (χ4v) is 6.05. The summed E-state index contributed by atoms with van der Waals surface area (Å²) in [5.41, 5.74) is 1.64. The Morgan fingerprint density at radius 3 is 2.30 bits per heavy atom. The van der Waals surface area contributed by atoms with Crippen molar-refractivity contribution in [1.29, 1.82) is 0 Å². The zero-order valence-electron chi connectivity index (χ0n) is 20.5. The fraction of sp³-hybridized carbons (Fsp3) is 0.654. The molecule has 1 unspecified atom stereocenters. The van der Waals surface area contributed by atoms with Gasteiger partial charge in [-0.05, 0) is 62.6 Å². The van der Waals surface area contributed by atoms with Gasteiger partial charge in [0.05, 0.1) is 18.0 Å². The smallest absolute Gasteiger partial charge is 0.410 e. The van der Waals surface area contributed by atoms with E-state index in [1.54, 1.807) is 0 Å². The highest BCUT2D eigenvalue weighted by molar-refractivity contribution is 6.00. The number of anilines is 1. The molecule has 4 rings (SSSR count). The maximum absolute atomic E-state index is 13.0. The first-order valence-electron chi connectivity index (χ1n) is 12.1. The number of nitrogens with one attached hydrogen (secondary N) is 1. The zero-order chi connectivity index (χ0) is 24.0. The highest BCUT2D eigenvalue weighted by atomic mass is 16.6. The molecule has 3 amide bonds. The third-order valence-electron chi connectivity index (χ3n) is 7.00. The standard InChI is InChI=1S/C26H37N3O4/c1-25(2,3)16-26(4,5)33-24(32)29-15-13-20-21(29)12-14-28(20)18-8-6-17(7-9-18)19-10-11-22(30)27-23(19)31/h6-9,19-21H,10-16H2,1-5H3,(H,27,30,31)/t19?,20-,21-/m0/s1. The van der Waals surface area contributed by atoms with Crippen molar-refractivity contribution in [3.05, 3.63) is 29.8 Å². The number of fused-ring (bicyclic) bond motifs is 1. The van der Waals surface area contributed by atoms with E-state index in [1.165, 1.54) is 0 Å². The fourth-order valence-electron chi connectivity index (χ4n) is 6.05. The summed E-state index contributed by atoms with van der Waals surface area (Å²) in [6, 6.07) is 8.57. The molecule has 7 heteroatoms. The molecule has 0 aromatic heterocycles. The minimum Gasteiger partial charge on any atom is -0.443 e. The van der Waals surface area contributed by atoms with Crippen molar-refractivity contribution in [2.24, 2.45) is 5.41 Å². The first kappa shape index (κ1) is 23.6. The number of benzene rings is 1. The van der Waals surface area contributed by atoms with E-state index in [-0.39, 0.29) is 41.3 Å². The van der Waals surface area contributed by atoms with Crippen molar-refractivity contribution in [3.8, 4) is 0 Å². The lowest BCUT2D eigenvalue weighted by molar-refractivity contribution is -0.134. The Kier molecular flexibility index (Phi) is 6.18. The quantitative estimate of drug-likeness (QED) is 0.688. The predicted octanol–water partition coefficient (Wildman–Crippen LogP) is 4.21. The van der Waals surface area contributed by atoms with Crippen LogP contribution in [0.5, 0.6) is 0 Å². The van der Waals surface area contributed by atoms with Gasteiger partial charge in [-0.15, -0.1) is 0 Å². The molecule has 3 aliphatic heterocycles. The molecule has 3 saturated heterocycles. The Morgan fingerprint density at radius 2 is 1.67 bits per heavy atom. The molecule has 0 saturated carbocycles. The van der Waals surface area contributed by atoms with Crippen molar-refractivity contribution < 1.29 is 19.1 Å². The van der Waals surface area contributed by atoms with Gasteiger partial charge in [0.25, 0.3) is 0 Å². The number of likely N-dealkylation sites (tertiary alicyclic amines) is 1. The lowest BCUT2D eigenvalue weighted by atomic mass is 9.84. The number of carbonyl (C=O) groups is 3. The molecule has 3 heterocycles. The van der Waals surface area contributed by atoms with Gasteiger partial charge in [-0.25, -0.2) is 4.79 Å². The van der Waals surface area contributed by atoms with Crippen LogP contribution in [0, 0.1) is 5.41 Å². The SMILES string of the molecule is CC(C)(C)CC(C)(C)OC(=O)N1CC[C@H]2[C@@H]1CCN2c1ccc(C2CCC(=O)NC2=O)cc1. The average molecular weight is 456 g/mol. The highest BCUT2D eigenvalue weighted by Gasteiger charge is 2.46. The second-order valence-corrected chi connectivity index (χ2v) is 11.6. The van der Waals surface area contributed by atoms with Gasteiger partial charge in [0.15, 0.2) is 0 Å². The van der Waals surface area contributed by atoms with Gasteiger partial charge in [0, 0.05) is 25.2 Å². The van der Waals surface area contributed by atoms with E-state index in [1.807, 2.05) is 30.9 Å². The van der Waals surface area contributed by atoms with E-state index in [0.717, 1.165) is 37.1 Å². The molecule has 3 fully saturated rings. The maximum atomic E-state index is 13.0. The average Bonchev–Trinajstić information content (AvgIpc) is 3.28. The molecule has 1 aromatic carbocycles. The van der Waals surface area contributed by atoms with E-state index in [0.29, 0.717) is 19.4 Å². The van der Waals surface area contributed by atoms with Gasteiger partial charge in [0.2, 0.25) is 11.8 Å². The van der Waals surface area contributed by atoms with Crippen LogP contribution in [0.4, 0.5) is 10.5 Å². The Hall–Kier alpha value is -2.57. The molecule has 3 aliphatic rings. The Morgan fingerprint density at radius 1 is 1.00 bits per heavy atom. The first-order valence-corrected chi connectivity index (χ1v) is 12.1. The molecule has 1 aromatic rings. The van der Waals surface area contributed by atoms with E-state index >= 15 is 0 Å². The highest BCUT2D eigenvalue weighted by Crippen LogP contribution is 2.37. The molecular weight excluding hydrogens is 418 g/mol. The summed E-state index contributed by atoms with van der Waals surface area (Å²) in [6.07, 6.45) is 3.39. The Bertz CT molecular complexity index is 918. The number of hydrogen-bond donors (Lipinski definition) is 1. The summed E-state index contributed by atoms with van der Waals surface area (Å²) in [7, 11) is 0. The van der Waals surface area contributed by atoms with Crippen LogP contribution in [-0.2, 0) is 14.3 Å². The topological polar surface area (TPSA) is 79.0 Å². The Balaban J connectivity index is 1.39. The summed E-state index contributed by atoms with van der Waals surface area (Å²) in [6.45, 7) is 12.1. The molecule has 0 spiro atoms. The van der Waals surface area contributed by atoms with Crippen LogP contribution in [-0.4, -0.2) is 53.6 Å². The molecule has 0 aliphatic carbocycles. The van der Waals surface area contributed by atoms with E-state index < -0.39 is 5.60 Å². The van der Waals surface area contributed by atoms with Gasteiger partial charge in [-0.3, -0.25) is 14.9 Å². The minimum atomic E-state index is -0.502. The second-order valence-electron chi connectivity index (χ2n) is 11.6. The third-order valence-corrected chi connectivity index (χ3v) is 7.00. The van der Waals surface area contributed by atoms with Gasteiger partial charge in [0.1, 0.15) is 5.60 Å². The van der Waals surface area contributed by atoms with Crippen LogP contribution in [0.3, 0.4) is 0 Å². The van der Waals surface area contributed by atoms with Gasteiger partial charge >= 0.3 is 6.09 Å². The van der Waals surface area contributed by atoms with Crippen molar-refractivity contribution in [2.75, 3.05) is 18.0 Å². The van der Waals surface area contributed by atoms with Gasteiger partial charge < -0.3 is 14.5 Å². The molecule has 3 atom stereocenters. The summed E-state index contributed by atoms with van der Waals surface area (Å²) >= 11 is 0. The number of rotatable bonds is 4. The summed E-state index contributed by atoms with van der Waals surface area (Å²) in [5, 5.41) is 2.43. The van der Waals surface area contributed by atoms with Crippen molar-refractivity contribution in [3.63, 3.8) is 0 Å². The van der Waals surface area contributed by atoms with Gasteiger partial charge in [-0.2, -0.15) is 0 Å². The van der Waals surface area contributed by atoms with E-state index in [4.69, 9.17) is 4.74 Å². The lowest BCUT2D eigenvalue weighted by Crippen LogP contribution is -2.44. The lowest BCUT2D eigenvalue weighted by Gasteiger charge is -2.34. The van der Waals surface area contributed by atoms with Crippen LogP contribution < -0.4 is 10.2 Å². The Labute approximate surface area is 196 Å². The van der Waals surface area contributed by atoms with Crippen molar-refractivity contribution in [2.45, 2.75) is 90.3 Å². The number of amides is 3. The first-order chi connectivity index (χ1) is 15.4. The molecule has 0 bridgehead atoms. The second kappa shape index (κ2) is 8.65. The van der Waals surface area contributed by atoms with Crippen LogP contribution in [0.15, 0.2) is 24.3 Å². The molecule has 33 heavy (non-hydrogen) atoms. The number of piperidine rings is 1. The number of ether oxygens (including phenoxy) is 1. The number of hydrogen-bond acceptors (Lipinski definition) is 5. The van der Waals surface area contributed by atoms with E-state index in [2.05, 4.69) is 43.1 Å². The molecular formula is C26H37N3O4. The third kappa shape index (κ3) is 5.17. The number of imide groups is 1. The van der Waals surface area contributed by atoms with Crippen LogP contribution in [0.25, 0.3) is 0 Å². The van der Waals surface area contributed by atoms with Crippen molar-refractivity contribution >= 4 is 23.6 Å². The van der Waals surface area contributed by atoms with Gasteiger partial charge in [-0.1, -0.05) is 32.9 Å². The number of carbonyl (C=O) groups excluding carboxylic acids is 3. The molecule has 1 N–H and O–H groups in total. The zero-order valence-corrected chi connectivity index (χ0v) is 20.5. The normalized spacial score (nSPS) is 25.8. The summed E-state index contributed by atoms with van der Waals surface area (Å²) in [5.74, 6) is -0.669.